The van der Waals surface area contributed by atoms with Crippen molar-refractivity contribution in [1.82, 2.24) is 19.4 Å². The molecule has 0 aliphatic carbocycles. The second-order valence-electron chi connectivity index (χ2n) is 12.6. The molecule has 1 N–H and O–H groups in total. The summed E-state index contributed by atoms with van der Waals surface area (Å²) in [5, 5.41) is 4.51. The number of amides is 1. The minimum atomic E-state index is -1.20. The lowest BCUT2D eigenvalue weighted by atomic mass is 10.0. The van der Waals surface area contributed by atoms with E-state index in [4.69, 9.17) is 23.6 Å². The van der Waals surface area contributed by atoms with Gasteiger partial charge < -0.3 is 33.4 Å². The van der Waals surface area contributed by atoms with Gasteiger partial charge in [-0.2, -0.15) is 0 Å². The molecule has 4 rings (SSSR count). The number of aromatic nitrogens is 3. The van der Waals surface area contributed by atoms with Gasteiger partial charge in [-0.25, -0.2) is 19.6 Å². The Kier molecular flexibility index (Phi) is 9.43. The third-order valence-corrected chi connectivity index (χ3v) is 8.36. The second-order valence-corrected chi connectivity index (χ2v) is 18.2. The first-order valence-corrected chi connectivity index (χ1v) is 18.0. The highest BCUT2D eigenvalue weighted by atomic mass is 28.3. The van der Waals surface area contributed by atoms with Gasteiger partial charge in [0, 0.05) is 51.6 Å². The summed E-state index contributed by atoms with van der Waals surface area (Å²) in [4.78, 5) is 35.9. The summed E-state index contributed by atoms with van der Waals surface area (Å²) in [6.07, 6.45) is 6.32. The van der Waals surface area contributed by atoms with Crippen LogP contribution in [0.4, 0.5) is 10.5 Å². The smallest absolute Gasteiger partial charge is 0.410 e. The molecule has 1 atom stereocenters. The monoisotopic (exact) mass is 585 g/mol. The van der Waals surface area contributed by atoms with Gasteiger partial charge in [0.1, 0.15) is 24.2 Å². The van der Waals surface area contributed by atoms with E-state index in [2.05, 4.69) is 29.9 Å². The fraction of sp³-hybridized carbons (Fsp3) is 0.586. The Morgan fingerprint density at radius 3 is 2.73 bits per heavy atom. The summed E-state index contributed by atoms with van der Waals surface area (Å²) in [5.41, 5.74) is 1.66. The lowest BCUT2D eigenvalue weighted by Crippen LogP contribution is -2.47. The lowest BCUT2D eigenvalue weighted by Gasteiger charge is -2.35. The molecule has 0 radical (unpaired) electrons. The van der Waals surface area contributed by atoms with Crippen LogP contribution in [0.5, 0.6) is 0 Å². The van der Waals surface area contributed by atoms with Crippen LogP contribution >= 0.6 is 0 Å². The average molecular weight is 586 g/mol. The maximum absolute atomic E-state index is 12.8. The van der Waals surface area contributed by atoms with Crippen LogP contribution in [0.25, 0.3) is 22.5 Å². The van der Waals surface area contributed by atoms with Gasteiger partial charge in [-0.05, 0) is 52.6 Å². The number of esters is 1. The van der Waals surface area contributed by atoms with Crippen LogP contribution in [0.2, 0.25) is 25.7 Å². The Hall–Kier alpha value is -3.38. The van der Waals surface area contributed by atoms with Crippen molar-refractivity contribution in [3.8, 4) is 11.5 Å². The van der Waals surface area contributed by atoms with Crippen molar-refractivity contribution in [2.75, 3.05) is 31.6 Å². The molecule has 0 saturated carbocycles. The number of fused-ring (bicyclic) bond motifs is 1. The molecule has 12 heteroatoms. The number of hydrogen-bond donors (Lipinski definition) is 1. The third kappa shape index (κ3) is 8.10. The number of anilines is 1. The second kappa shape index (κ2) is 12.6. The van der Waals surface area contributed by atoms with E-state index in [1.165, 1.54) is 6.26 Å². The predicted molar refractivity (Wildman–Crippen MR) is 160 cm³/mol. The molecule has 0 bridgehead atoms. The summed E-state index contributed by atoms with van der Waals surface area (Å²) in [6, 6.07) is 3.02. The van der Waals surface area contributed by atoms with E-state index in [9.17, 15) is 9.59 Å². The van der Waals surface area contributed by atoms with Crippen molar-refractivity contribution in [3.63, 3.8) is 0 Å². The van der Waals surface area contributed by atoms with Crippen LogP contribution in [-0.4, -0.2) is 77.5 Å². The van der Waals surface area contributed by atoms with Crippen molar-refractivity contribution in [3.05, 3.63) is 30.4 Å². The minimum absolute atomic E-state index is 0.0450. The number of ether oxygens (including phenoxy) is 3. The molecule has 3 aromatic heterocycles. The number of carbonyl (C=O) groups is 2. The molecule has 1 amide bonds. The van der Waals surface area contributed by atoms with E-state index in [0.29, 0.717) is 32.0 Å². The fourth-order valence-corrected chi connectivity index (χ4v) is 5.35. The van der Waals surface area contributed by atoms with Crippen LogP contribution in [0.1, 0.15) is 51.0 Å². The molecule has 1 fully saturated rings. The lowest BCUT2D eigenvalue weighted by molar-refractivity contribution is 0.0206. The van der Waals surface area contributed by atoms with Crippen LogP contribution in [0.3, 0.4) is 0 Å². The number of piperidine rings is 1. The molecule has 0 aromatic carbocycles. The Bertz CT molecular complexity index is 1360. The van der Waals surface area contributed by atoms with Gasteiger partial charge in [-0.3, -0.25) is 0 Å². The number of nitrogens with zero attached hydrogens (tertiary/aromatic N) is 4. The first-order valence-electron chi connectivity index (χ1n) is 14.3. The molecular formula is C29H43N5O6Si. The quantitative estimate of drug-likeness (QED) is 0.174. The van der Waals surface area contributed by atoms with Gasteiger partial charge in [0.15, 0.2) is 5.69 Å². The molecule has 3 aromatic rings. The molecule has 1 aliphatic heterocycles. The van der Waals surface area contributed by atoms with Crippen molar-refractivity contribution >= 4 is 36.9 Å². The molecule has 0 spiro atoms. The van der Waals surface area contributed by atoms with Gasteiger partial charge in [0.25, 0.3) is 0 Å². The molecule has 1 saturated heterocycles. The van der Waals surface area contributed by atoms with Crippen LogP contribution in [0, 0.1) is 0 Å². The first-order chi connectivity index (χ1) is 19.3. The van der Waals surface area contributed by atoms with E-state index in [1.54, 1.807) is 18.0 Å². The van der Waals surface area contributed by atoms with Crippen molar-refractivity contribution < 1.29 is 28.2 Å². The standard InChI is InChI=1S/C29H43N5O6Si/c1-8-38-27(35)23-18-39-26(32-23)22-16-30-25-21(11-13-34(25)19-37-14-15-41(5,6)7)24(22)31-20-10-9-12-33(17-20)28(36)40-29(2,3)4/h11,13,16,18,20H,8-10,12,14-15,17,19H2,1-7H3,(H,30,31)/t20-/m1/s1. The topological polar surface area (TPSA) is 121 Å². The molecule has 4 heterocycles. The number of oxazole rings is 1. The van der Waals surface area contributed by atoms with E-state index in [1.807, 2.05) is 37.6 Å². The third-order valence-electron chi connectivity index (χ3n) is 6.66. The highest BCUT2D eigenvalue weighted by molar-refractivity contribution is 6.76. The van der Waals surface area contributed by atoms with Crippen molar-refractivity contribution in [2.45, 2.75) is 84.6 Å². The number of rotatable bonds is 10. The van der Waals surface area contributed by atoms with E-state index < -0.39 is 19.6 Å². The number of nitrogens with one attached hydrogen (secondary N) is 1. The summed E-state index contributed by atoms with van der Waals surface area (Å²) in [5.74, 6) is -0.295. The minimum Gasteiger partial charge on any atom is -0.461 e. The van der Waals surface area contributed by atoms with Gasteiger partial charge in [0.2, 0.25) is 5.89 Å². The number of likely N-dealkylation sites (tertiary alicyclic amines) is 1. The Morgan fingerprint density at radius 2 is 2.02 bits per heavy atom. The predicted octanol–water partition coefficient (Wildman–Crippen LogP) is 5.99. The molecule has 224 valence electrons. The fourth-order valence-electron chi connectivity index (χ4n) is 4.59. The zero-order valence-corrected chi connectivity index (χ0v) is 26.3. The number of carbonyl (C=O) groups excluding carboxylic acids is 2. The van der Waals surface area contributed by atoms with Gasteiger partial charge in [0.05, 0.1) is 17.9 Å². The zero-order valence-electron chi connectivity index (χ0n) is 25.3. The maximum Gasteiger partial charge on any atom is 0.410 e. The van der Waals surface area contributed by atoms with Gasteiger partial charge in [-0.1, -0.05) is 19.6 Å². The first kappa shape index (κ1) is 30.6. The molecule has 11 nitrogen and oxygen atoms in total. The molecular weight excluding hydrogens is 542 g/mol. The van der Waals surface area contributed by atoms with Crippen LogP contribution in [-0.2, 0) is 20.9 Å². The van der Waals surface area contributed by atoms with E-state index in [0.717, 1.165) is 35.6 Å². The Labute approximate surface area is 242 Å². The number of pyridine rings is 1. The van der Waals surface area contributed by atoms with Crippen molar-refractivity contribution in [2.24, 2.45) is 0 Å². The van der Waals surface area contributed by atoms with Gasteiger partial charge >= 0.3 is 12.1 Å². The highest BCUT2D eigenvalue weighted by Gasteiger charge is 2.29. The van der Waals surface area contributed by atoms with Gasteiger partial charge in [-0.15, -0.1) is 0 Å². The highest BCUT2D eigenvalue weighted by Crippen LogP contribution is 2.35. The molecule has 1 aliphatic rings. The van der Waals surface area contributed by atoms with Crippen LogP contribution < -0.4 is 5.32 Å². The summed E-state index contributed by atoms with van der Waals surface area (Å²) < 4.78 is 24.4. The van der Waals surface area contributed by atoms with E-state index >= 15 is 0 Å². The average Bonchev–Trinajstić information content (AvgIpc) is 3.54. The summed E-state index contributed by atoms with van der Waals surface area (Å²) in [7, 11) is -1.20. The van der Waals surface area contributed by atoms with Crippen LogP contribution in [0.15, 0.2) is 29.1 Å². The van der Waals surface area contributed by atoms with Crippen molar-refractivity contribution in [1.29, 1.82) is 0 Å². The normalized spacial score (nSPS) is 16.2. The summed E-state index contributed by atoms with van der Waals surface area (Å²) >= 11 is 0. The Balaban J connectivity index is 1.63. The molecule has 0 unspecified atom stereocenters. The maximum atomic E-state index is 12.8. The Morgan fingerprint density at radius 1 is 1.24 bits per heavy atom. The summed E-state index contributed by atoms with van der Waals surface area (Å²) in [6.45, 7) is 16.8. The largest absolute Gasteiger partial charge is 0.461 e. The van der Waals surface area contributed by atoms with E-state index in [-0.39, 0.29) is 30.3 Å². The SMILES string of the molecule is CCOC(=O)c1coc(-c2cnc3c(ccn3COCC[Si](C)(C)C)c2N[C@@H]2CCCN(C(=O)OC(C)(C)C)C2)n1. The molecule has 41 heavy (non-hydrogen) atoms. The zero-order chi connectivity index (χ0) is 29.8. The number of hydrogen-bond acceptors (Lipinski definition) is 9.